The average molecular weight is 377 g/mol. The predicted molar refractivity (Wildman–Crippen MR) is 103 cm³/mol. The lowest BCUT2D eigenvalue weighted by atomic mass is 10.2. The van der Waals surface area contributed by atoms with E-state index in [-0.39, 0.29) is 32.1 Å². The van der Waals surface area contributed by atoms with Crippen LogP contribution in [0.5, 0.6) is 0 Å². The van der Waals surface area contributed by atoms with E-state index < -0.39 is 12.2 Å². The van der Waals surface area contributed by atoms with Gasteiger partial charge in [0.1, 0.15) is 0 Å². The van der Waals surface area contributed by atoms with Crippen LogP contribution < -0.4 is 0 Å². The molecule has 0 saturated heterocycles. The summed E-state index contributed by atoms with van der Waals surface area (Å²) in [5, 5.41) is 18.3. The Morgan fingerprint density at radius 3 is 1.67 bits per heavy atom. The molecule has 1 aromatic rings. The summed E-state index contributed by atoms with van der Waals surface area (Å²) in [5.74, 6) is -0.290. The molecule has 0 unspecified atom stereocenters. The van der Waals surface area contributed by atoms with Crippen LogP contribution in [0.15, 0.2) is 36.4 Å². The van der Waals surface area contributed by atoms with E-state index in [1.54, 1.807) is 19.9 Å². The first-order chi connectivity index (χ1) is 12.9. The second kappa shape index (κ2) is 11.6. The maximum Gasteiger partial charge on any atom is 0.407 e. The molecule has 0 aliphatic rings. The van der Waals surface area contributed by atoms with Crippen LogP contribution in [0.25, 0.3) is 6.08 Å². The van der Waals surface area contributed by atoms with Gasteiger partial charge >= 0.3 is 12.2 Å². The van der Waals surface area contributed by atoms with Crippen molar-refractivity contribution in [1.29, 1.82) is 0 Å². The van der Waals surface area contributed by atoms with Crippen molar-refractivity contribution in [1.82, 2.24) is 14.7 Å². The van der Waals surface area contributed by atoms with E-state index in [2.05, 4.69) is 0 Å². The van der Waals surface area contributed by atoms with Gasteiger partial charge in [-0.05, 0) is 25.5 Å². The van der Waals surface area contributed by atoms with Gasteiger partial charge in [-0.3, -0.25) is 4.79 Å². The molecule has 8 heteroatoms. The Balaban J connectivity index is 2.81. The summed E-state index contributed by atoms with van der Waals surface area (Å²) in [6, 6.07) is 9.32. The minimum atomic E-state index is -1.05. The Morgan fingerprint density at radius 2 is 1.26 bits per heavy atom. The fourth-order valence-electron chi connectivity index (χ4n) is 2.43. The first-order valence-electron chi connectivity index (χ1n) is 8.86. The molecular weight excluding hydrogens is 350 g/mol. The number of likely N-dealkylation sites (N-methyl/N-ethyl adjacent to an activating group) is 2. The number of hydrogen-bond acceptors (Lipinski definition) is 3. The van der Waals surface area contributed by atoms with E-state index in [4.69, 9.17) is 10.2 Å². The fraction of sp³-hybridized carbons (Fsp3) is 0.421. The van der Waals surface area contributed by atoms with Gasteiger partial charge in [0.25, 0.3) is 0 Å². The number of nitrogens with zero attached hydrogens (tertiary/aromatic N) is 3. The Kier molecular flexibility index (Phi) is 9.42. The third kappa shape index (κ3) is 7.81. The number of rotatable bonds is 10. The van der Waals surface area contributed by atoms with Gasteiger partial charge < -0.3 is 24.9 Å². The van der Waals surface area contributed by atoms with Crippen LogP contribution in [0.4, 0.5) is 9.59 Å². The average Bonchev–Trinajstić information content (AvgIpc) is 2.65. The van der Waals surface area contributed by atoms with Gasteiger partial charge in [0.05, 0.1) is 0 Å². The molecule has 0 fully saturated rings. The lowest BCUT2D eigenvalue weighted by molar-refractivity contribution is -0.126. The molecule has 0 spiro atoms. The van der Waals surface area contributed by atoms with Crippen molar-refractivity contribution in [2.75, 3.05) is 39.3 Å². The van der Waals surface area contributed by atoms with E-state index in [0.717, 1.165) is 5.56 Å². The van der Waals surface area contributed by atoms with Gasteiger partial charge in [0.2, 0.25) is 5.91 Å². The normalized spacial score (nSPS) is 10.6. The van der Waals surface area contributed by atoms with Crippen molar-refractivity contribution >= 4 is 24.2 Å². The molecule has 8 nitrogen and oxygen atoms in total. The molecule has 1 rings (SSSR count). The molecule has 0 aromatic heterocycles. The highest BCUT2D eigenvalue weighted by molar-refractivity contribution is 5.91. The van der Waals surface area contributed by atoms with Crippen LogP contribution in [-0.4, -0.2) is 82.3 Å². The molecule has 0 atom stereocenters. The van der Waals surface area contributed by atoms with E-state index >= 15 is 0 Å². The first kappa shape index (κ1) is 22.0. The molecular formula is C19H27N3O5. The molecule has 0 heterocycles. The summed E-state index contributed by atoms with van der Waals surface area (Å²) >= 11 is 0. The quantitative estimate of drug-likeness (QED) is 0.610. The first-order valence-corrected chi connectivity index (χ1v) is 8.86. The molecule has 0 saturated carbocycles. The zero-order valence-electron chi connectivity index (χ0n) is 15.7. The molecule has 1 aromatic carbocycles. The van der Waals surface area contributed by atoms with Gasteiger partial charge in [-0.2, -0.15) is 0 Å². The Labute approximate surface area is 159 Å². The van der Waals surface area contributed by atoms with Crippen LogP contribution in [0, 0.1) is 0 Å². The van der Waals surface area contributed by atoms with E-state index in [1.807, 2.05) is 30.3 Å². The third-order valence-electron chi connectivity index (χ3n) is 4.11. The summed E-state index contributed by atoms with van der Waals surface area (Å²) in [7, 11) is 0. The van der Waals surface area contributed by atoms with Crippen molar-refractivity contribution in [3.63, 3.8) is 0 Å². The monoisotopic (exact) mass is 377 g/mol. The highest BCUT2D eigenvalue weighted by Crippen LogP contribution is 2.03. The summed E-state index contributed by atoms with van der Waals surface area (Å²) in [5.41, 5.74) is 0.868. The van der Waals surface area contributed by atoms with Crippen LogP contribution in [-0.2, 0) is 4.79 Å². The molecule has 27 heavy (non-hydrogen) atoms. The van der Waals surface area contributed by atoms with Crippen molar-refractivity contribution in [3.05, 3.63) is 42.0 Å². The van der Waals surface area contributed by atoms with Crippen molar-refractivity contribution in [2.24, 2.45) is 0 Å². The topological polar surface area (TPSA) is 101 Å². The van der Waals surface area contributed by atoms with Gasteiger partial charge in [0.15, 0.2) is 0 Å². The van der Waals surface area contributed by atoms with Crippen LogP contribution >= 0.6 is 0 Å². The maximum atomic E-state index is 12.6. The predicted octanol–water partition coefficient (Wildman–Crippen LogP) is 2.53. The van der Waals surface area contributed by atoms with Crippen molar-refractivity contribution in [2.45, 2.75) is 13.8 Å². The Bertz CT molecular complexity index is 622. The number of carbonyl (C=O) groups excluding carboxylic acids is 1. The number of carboxylic acid groups (broad SMARTS) is 2. The Hall–Kier alpha value is -3.03. The lowest BCUT2D eigenvalue weighted by Gasteiger charge is -2.27. The number of benzene rings is 1. The van der Waals surface area contributed by atoms with E-state index in [1.165, 1.54) is 20.8 Å². The molecule has 3 amide bonds. The molecule has 0 radical (unpaired) electrons. The minimum absolute atomic E-state index is 0.163. The second-order valence-corrected chi connectivity index (χ2v) is 5.79. The van der Waals surface area contributed by atoms with Crippen molar-refractivity contribution in [3.8, 4) is 0 Å². The van der Waals surface area contributed by atoms with E-state index in [0.29, 0.717) is 13.1 Å². The minimum Gasteiger partial charge on any atom is -0.465 e. The van der Waals surface area contributed by atoms with Crippen molar-refractivity contribution < 1.29 is 24.6 Å². The fourth-order valence-corrected chi connectivity index (χ4v) is 2.43. The molecule has 0 bridgehead atoms. The standard InChI is InChI=1S/C19H27N3O5/c1-3-20(18(24)25)12-14-22(15-13-21(4-2)19(26)27)17(23)11-10-16-8-6-5-7-9-16/h5-11H,3-4,12-15H2,1-2H3,(H,24,25)(H,26,27)/b11-10+. The van der Waals surface area contributed by atoms with Crippen LogP contribution in [0.3, 0.4) is 0 Å². The van der Waals surface area contributed by atoms with Gasteiger partial charge in [-0.1, -0.05) is 30.3 Å². The maximum absolute atomic E-state index is 12.6. The summed E-state index contributed by atoms with van der Waals surface area (Å²) in [6.45, 7) is 4.77. The Morgan fingerprint density at radius 1 is 0.815 bits per heavy atom. The highest BCUT2D eigenvalue weighted by atomic mass is 16.4. The molecule has 0 aliphatic carbocycles. The van der Waals surface area contributed by atoms with E-state index in [9.17, 15) is 14.4 Å². The van der Waals surface area contributed by atoms with Crippen LogP contribution in [0.1, 0.15) is 19.4 Å². The van der Waals surface area contributed by atoms with Gasteiger partial charge in [0, 0.05) is 45.3 Å². The zero-order chi connectivity index (χ0) is 20.2. The largest absolute Gasteiger partial charge is 0.465 e. The summed E-state index contributed by atoms with van der Waals surface area (Å²) in [6.07, 6.45) is 0.999. The third-order valence-corrected chi connectivity index (χ3v) is 4.11. The highest BCUT2D eigenvalue weighted by Gasteiger charge is 2.17. The van der Waals surface area contributed by atoms with Gasteiger partial charge in [-0.15, -0.1) is 0 Å². The number of amides is 3. The van der Waals surface area contributed by atoms with Gasteiger partial charge in [-0.25, -0.2) is 9.59 Å². The number of carbonyl (C=O) groups is 3. The SMILES string of the molecule is CCN(CCN(CCN(CC)C(=O)O)C(=O)/C=C/c1ccccc1)C(=O)O. The molecule has 0 aliphatic heterocycles. The second-order valence-electron chi connectivity index (χ2n) is 5.79. The van der Waals surface area contributed by atoms with Crippen LogP contribution in [0.2, 0.25) is 0 Å². The molecule has 148 valence electrons. The smallest absolute Gasteiger partial charge is 0.407 e. The lowest BCUT2D eigenvalue weighted by Crippen LogP contribution is -2.44. The summed E-state index contributed by atoms with van der Waals surface area (Å²) < 4.78 is 0. The zero-order valence-corrected chi connectivity index (χ0v) is 15.7. The number of hydrogen-bond donors (Lipinski definition) is 2. The molecule has 2 N–H and O–H groups in total. The summed E-state index contributed by atoms with van der Waals surface area (Å²) in [4.78, 5) is 38.7.